The van der Waals surface area contributed by atoms with Gasteiger partial charge in [-0.25, -0.2) is 0 Å². The van der Waals surface area contributed by atoms with Crippen LogP contribution in [0.1, 0.15) is 45.1 Å². The largest absolute Gasteiger partial charge is 0.370 e. The Balaban J connectivity index is 2.49. The molecule has 2 heterocycles. The minimum absolute atomic E-state index is 0.155. The van der Waals surface area contributed by atoms with E-state index in [1.54, 1.807) is 0 Å². The van der Waals surface area contributed by atoms with Gasteiger partial charge in [0.2, 0.25) is 0 Å². The zero-order valence-corrected chi connectivity index (χ0v) is 9.37. The third-order valence-corrected chi connectivity index (χ3v) is 2.74. The van der Waals surface area contributed by atoms with Crippen molar-refractivity contribution in [1.29, 1.82) is 0 Å². The highest BCUT2D eigenvalue weighted by Crippen LogP contribution is 2.32. The molecule has 14 heavy (non-hydrogen) atoms. The van der Waals surface area contributed by atoms with Crippen LogP contribution in [0.5, 0.6) is 0 Å². The van der Waals surface area contributed by atoms with Crippen molar-refractivity contribution < 1.29 is 4.74 Å². The second-order valence-electron chi connectivity index (χ2n) is 4.93. The Morgan fingerprint density at radius 2 is 2.21 bits per heavy atom. The molecule has 0 spiro atoms. The lowest BCUT2D eigenvalue weighted by Gasteiger charge is -2.26. The van der Waals surface area contributed by atoms with Crippen molar-refractivity contribution in [1.82, 2.24) is 9.78 Å². The van der Waals surface area contributed by atoms with Crippen molar-refractivity contribution in [3.05, 3.63) is 17.5 Å². The Bertz CT molecular complexity index is 336. The Kier molecular flexibility index (Phi) is 2.14. The standard InChI is InChI=1S/C11H18N2O/c1-8-10-9(11(2,3)4)7-12-13(10)5-6-14-8/h7-8H,5-6H2,1-4H3. The van der Waals surface area contributed by atoms with E-state index in [9.17, 15) is 0 Å². The van der Waals surface area contributed by atoms with Gasteiger partial charge in [-0.05, 0) is 12.3 Å². The monoisotopic (exact) mass is 194 g/mol. The molecule has 0 saturated carbocycles. The van der Waals surface area contributed by atoms with Gasteiger partial charge in [-0.3, -0.25) is 4.68 Å². The summed E-state index contributed by atoms with van der Waals surface area (Å²) in [5, 5.41) is 4.41. The van der Waals surface area contributed by atoms with Crippen LogP contribution in [0.2, 0.25) is 0 Å². The first kappa shape index (κ1) is 9.71. The van der Waals surface area contributed by atoms with Crippen LogP contribution < -0.4 is 0 Å². The Morgan fingerprint density at radius 1 is 1.50 bits per heavy atom. The topological polar surface area (TPSA) is 27.1 Å². The van der Waals surface area contributed by atoms with E-state index < -0.39 is 0 Å². The Hall–Kier alpha value is -0.830. The van der Waals surface area contributed by atoms with Crippen LogP contribution in [-0.2, 0) is 16.7 Å². The first-order valence-corrected chi connectivity index (χ1v) is 5.18. The number of hydrogen-bond acceptors (Lipinski definition) is 2. The number of fused-ring (bicyclic) bond motifs is 1. The number of aromatic nitrogens is 2. The molecule has 1 atom stereocenters. The SMILES string of the molecule is CC1OCCn2ncc(C(C)(C)C)c21. The number of nitrogens with zero attached hydrogens (tertiary/aromatic N) is 2. The maximum Gasteiger partial charge on any atom is 0.0967 e. The molecule has 1 aliphatic rings. The summed E-state index contributed by atoms with van der Waals surface area (Å²) in [6.07, 6.45) is 2.17. The summed E-state index contributed by atoms with van der Waals surface area (Å²) in [6.45, 7) is 10.4. The highest BCUT2D eigenvalue weighted by molar-refractivity contribution is 5.28. The number of hydrogen-bond donors (Lipinski definition) is 0. The zero-order chi connectivity index (χ0) is 10.3. The van der Waals surface area contributed by atoms with Gasteiger partial charge in [0.15, 0.2) is 0 Å². The molecule has 1 aliphatic heterocycles. The molecule has 3 nitrogen and oxygen atoms in total. The van der Waals surface area contributed by atoms with Crippen LogP contribution in [0.4, 0.5) is 0 Å². The molecule has 1 aromatic heterocycles. The number of rotatable bonds is 0. The smallest absolute Gasteiger partial charge is 0.0967 e. The average Bonchev–Trinajstić information content (AvgIpc) is 2.47. The van der Waals surface area contributed by atoms with Crippen LogP contribution in [-0.4, -0.2) is 16.4 Å². The van der Waals surface area contributed by atoms with Crippen molar-refractivity contribution in [3.8, 4) is 0 Å². The first-order chi connectivity index (χ1) is 6.50. The Morgan fingerprint density at radius 3 is 2.86 bits per heavy atom. The van der Waals surface area contributed by atoms with E-state index in [2.05, 4.69) is 37.5 Å². The molecule has 78 valence electrons. The molecule has 0 aliphatic carbocycles. The molecular weight excluding hydrogens is 176 g/mol. The van der Waals surface area contributed by atoms with Crippen LogP contribution in [0.15, 0.2) is 6.20 Å². The van der Waals surface area contributed by atoms with Gasteiger partial charge in [0.25, 0.3) is 0 Å². The molecule has 0 fully saturated rings. The summed E-state index contributed by atoms with van der Waals surface area (Å²) in [6, 6.07) is 0. The molecule has 1 unspecified atom stereocenters. The molecular formula is C11H18N2O. The van der Waals surface area contributed by atoms with Gasteiger partial charge >= 0.3 is 0 Å². The van der Waals surface area contributed by atoms with Crippen molar-refractivity contribution in [2.45, 2.75) is 45.8 Å². The second kappa shape index (κ2) is 3.09. The first-order valence-electron chi connectivity index (χ1n) is 5.18. The fourth-order valence-electron chi connectivity index (χ4n) is 1.97. The summed E-state index contributed by atoms with van der Waals surface area (Å²) in [5.41, 5.74) is 2.72. The minimum Gasteiger partial charge on any atom is -0.370 e. The van der Waals surface area contributed by atoms with E-state index in [4.69, 9.17) is 4.74 Å². The van der Waals surface area contributed by atoms with Gasteiger partial charge in [0, 0.05) is 5.56 Å². The average molecular weight is 194 g/mol. The van der Waals surface area contributed by atoms with Crippen LogP contribution in [0, 0.1) is 0 Å². The second-order valence-corrected chi connectivity index (χ2v) is 4.93. The predicted molar refractivity (Wildman–Crippen MR) is 55.3 cm³/mol. The lowest BCUT2D eigenvalue weighted by molar-refractivity contribution is 0.0275. The van der Waals surface area contributed by atoms with Crippen LogP contribution in [0.25, 0.3) is 0 Å². The van der Waals surface area contributed by atoms with Crippen LogP contribution >= 0.6 is 0 Å². The van der Waals surface area contributed by atoms with E-state index in [0.717, 1.165) is 13.2 Å². The van der Waals surface area contributed by atoms with Gasteiger partial charge in [-0.1, -0.05) is 20.8 Å². The van der Waals surface area contributed by atoms with E-state index in [0.29, 0.717) is 0 Å². The predicted octanol–water partition coefficient (Wildman–Crippen LogP) is 2.27. The normalized spacial score (nSPS) is 22.1. The van der Waals surface area contributed by atoms with Crippen molar-refractivity contribution in [2.75, 3.05) is 6.61 Å². The lowest BCUT2D eigenvalue weighted by Crippen LogP contribution is -2.24. The van der Waals surface area contributed by atoms with Crippen molar-refractivity contribution >= 4 is 0 Å². The van der Waals surface area contributed by atoms with Gasteiger partial charge in [0.05, 0.1) is 31.1 Å². The fourth-order valence-corrected chi connectivity index (χ4v) is 1.97. The van der Waals surface area contributed by atoms with Crippen LogP contribution in [0.3, 0.4) is 0 Å². The van der Waals surface area contributed by atoms with E-state index >= 15 is 0 Å². The van der Waals surface area contributed by atoms with Gasteiger partial charge in [-0.2, -0.15) is 5.10 Å². The molecule has 0 amide bonds. The molecule has 0 radical (unpaired) electrons. The fraction of sp³-hybridized carbons (Fsp3) is 0.727. The summed E-state index contributed by atoms with van der Waals surface area (Å²) in [4.78, 5) is 0. The lowest BCUT2D eigenvalue weighted by atomic mass is 9.86. The minimum atomic E-state index is 0.155. The maximum atomic E-state index is 5.64. The van der Waals surface area contributed by atoms with E-state index in [1.807, 2.05) is 6.20 Å². The molecule has 0 saturated heterocycles. The molecule has 0 N–H and O–H groups in total. The quantitative estimate of drug-likeness (QED) is 0.633. The summed E-state index contributed by atoms with van der Waals surface area (Å²) < 4.78 is 7.72. The zero-order valence-electron chi connectivity index (χ0n) is 9.37. The number of ether oxygens (including phenoxy) is 1. The highest BCUT2D eigenvalue weighted by atomic mass is 16.5. The molecule has 3 heteroatoms. The Labute approximate surface area is 85.1 Å². The third kappa shape index (κ3) is 1.46. The van der Waals surface area contributed by atoms with E-state index in [1.165, 1.54) is 11.3 Å². The molecule has 0 bridgehead atoms. The summed E-state index contributed by atoms with van der Waals surface area (Å²) in [7, 11) is 0. The molecule has 2 rings (SSSR count). The van der Waals surface area contributed by atoms with Crippen molar-refractivity contribution in [2.24, 2.45) is 0 Å². The summed E-state index contributed by atoms with van der Waals surface area (Å²) in [5.74, 6) is 0. The van der Waals surface area contributed by atoms with Gasteiger partial charge < -0.3 is 4.74 Å². The molecule has 0 aromatic carbocycles. The summed E-state index contributed by atoms with van der Waals surface area (Å²) >= 11 is 0. The molecule has 1 aromatic rings. The maximum absolute atomic E-state index is 5.64. The van der Waals surface area contributed by atoms with E-state index in [-0.39, 0.29) is 11.5 Å². The van der Waals surface area contributed by atoms with Gasteiger partial charge in [0.1, 0.15) is 0 Å². The highest BCUT2D eigenvalue weighted by Gasteiger charge is 2.27. The van der Waals surface area contributed by atoms with Gasteiger partial charge in [-0.15, -0.1) is 0 Å². The third-order valence-electron chi connectivity index (χ3n) is 2.74. The van der Waals surface area contributed by atoms with Crippen molar-refractivity contribution in [3.63, 3.8) is 0 Å².